The van der Waals surface area contributed by atoms with Crippen molar-refractivity contribution in [3.63, 3.8) is 0 Å². The van der Waals surface area contributed by atoms with E-state index >= 15 is 0 Å². The van der Waals surface area contributed by atoms with Gasteiger partial charge in [-0.3, -0.25) is 0 Å². The van der Waals surface area contributed by atoms with Crippen molar-refractivity contribution < 1.29 is 10.2 Å². The van der Waals surface area contributed by atoms with Crippen LogP contribution >= 0.6 is 0 Å². The molecule has 0 radical (unpaired) electrons. The maximum Gasteiger partial charge on any atom is 0.0911 e. The van der Waals surface area contributed by atoms with Crippen LogP contribution in [0.4, 0.5) is 0 Å². The predicted molar refractivity (Wildman–Crippen MR) is 97.7 cm³/mol. The average Bonchev–Trinajstić information content (AvgIpc) is 2.56. The quantitative estimate of drug-likeness (QED) is 0.751. The molecule has 0 amide bonds. The summed E-state index contributed by atoms with van der Waals surface area (Å²) < 4.78 is 0. The largest absolute Gasteiger partial charge is 0.389 e. The van der Waals surface area contributed by atoms with Crippen LogP contribution in [-0.4, -0.2) is 21.4 Å². The lowest BCUT2D eigenvalue weighted by molar-refractivity contribution is -0.186. The molecular weight excluding hydrogens is 308 g/mol. The Labute approximate surface area is 152 Å². The van der Waals surface area contributed by atoms with Gasteiger partial charge in [0.2, 0.25) is 0 Å². The van der Waals surface area contributed by atoms with Gasteiger partial charge in [0.15, 0.2) is 0 Å². The van der Waals surface area contributed by atoms with Crippen LogP contribution in [0.3, 0.4) is 0 Å². The molecule has 0 aromatic heterocycles. The predicted octanol–water partition coefficient (Wildman–Crippen LogP) is 4.31. The summed E-state index contributed by atoms with van der Waals surface area (Å²) in [6.07, 6.45) is 13.2. The second-order valence-electron chi connectivity index (χ2n) is 11.2. The SMILES string of the molecule is C=C(CC1(O)C2CC3CC(C2)CC1C3)C1(O)C2CC3CC(C2)CC1C3. The zero-order valence-electron chi connectivity index (χ0n) is 15.5. The van der Waals surface area contributed by atoms with E-state index in [0.29, 0.717) is 30.1 Å². The smallest absolute Gasteiger partial charge is 0.0911 e. The second-order valence-corrected chi connectivity index (χ2v) is 11.2. The zero-order valence-corrected chi connectivity index (χ0v) is 15.5. The van der Waals surface area contributed by atoms with E-state index in [0.717, 1.165) is 29.2 Å². The molecule has 8 fully saturated rings. The normalized spacial score (nSPS) is 61.0. The Kier molecular flexibility index (Phi) is 3.09. The molecule has 0 atom stereocenters. The highest BCUT2D eigenvalue weighted by Gasteiger charge is 2.61. The van der Waals surface area contributed by atoms with Gasteiger partial charge >= 0.3 is 0 Å². The molecule has 8 bridgehead atoms. The molecule has 0 spiro atoms. The van der Waals surface area contributed by atoms with E-state index in [1.165, 1.54) is 64.2 Å². The lowest BCUT2D eigenvalue weighted by atomic mass is 9.45. The minimum Gasteiger partial charge on any atom is -0.389 e. The van der Waals surface area contributed by atoms with Gasteiger partial charge in [-0.1, -0.05) is 6.58 Å². The van der Waals surface area contributed by atoms with E-state index in [1.54, 1.807) is 0 Å². The average molecular weight is 343 g/mol. The maximum absolute atomic E-state index is 11.8. The Balaban J connectivity index is 1.27. The summed E-state index contributed by atoms with van der Waals surface area (Å²) >= 11 is 0. The Bertz CT molecular complexity index is 549. The molecule has 0 aromatic rings. The Morgan fingerprint density at radius 2 is 1.00 bits per heavy atom. The first-order valence-electron chi connectivity index (χ1n) is 11.1. The highest BCUT2D eigenvalue weighted by molar-refractivity contribution is 5.26. The molecule has 8 aliphatic rings. The molecule has 138 valence electrons. The Hall–Kier alpha value is -0.340. The number of hydrogen-bond donors (Lipinski definition) is 2. The molecule has 2 nitrogen and oxygen atoms in total. The van der Waals surface area contributed by atoms with Gasteiger partial charge in [-0.25, -0.2) is 0 Å². The molecule has 8 rings (SSSR count). The van der Waals surface area contributed by atoms with Gasteiger partial charge in [-0.15, -0.1) is 0 Å². The van der Waals surface area contributed by atoms with Crippen molar-refractivity contribution in [2.45, 2.75) is 81.8 Å². The van der Waals surface area contributed by atoms with E-state index in [1.807, 2.05) is 0 Å². The number of aliphatic hydroxyl groups is 2. The van der Waals surface area contributed by atoms with Crippen molar-refractivity contribution in [3.8, 4) is 0 Å². The third-order valence-electron chi connectivity index (χ3n) is 10.00. The molecule has 8 saturated carbocycles. The second kappa shape index (κ2) is 4.93. The third-order valence-corrected chi connectivity index (χ3v) is 10.00. The fourth-order valence-corrected chi connectivity index (χ4v) is 9.25. The lowest BCUT2D eigenvalue weighted by Crippen LogP contribution is -2.62. The maximum atomic E-state index is 11.8. The van der Waals surface area contributed by atoms with Crippen LogP contribution in [0.2, 0.25) is 0 Å². The lowest BCUT2D eigenvalue weighted by Gasteiger charge is -2.62. The van der Waals surface area contributed by atoms with Crippen LogP contribution in [0.25, 0.3) is 0 Å². The van der Waals surface area contributed by atoms with Gasteiger partial charge in [0.1, 0.15) is 0 Å². The van der Waals surface area contributed by atoms with Crippen LogP contribution in [-0.2, 0) is 0 Å². The van der Waals surface area contributed by atoms with Crippen molar-refractivity contribution in [1.82, 2.24) is 0 Å². The molecular formula is C23H34O2. The summed E-state index contributed by atoms with van der Waals surface area (Å²) in [5.41, 5.74) is -0.219. The van der Waals surface area contributed by atoms with Crippen LogP contribution < -0.4 is 0 Å². The van der Waals surface area contributed by atoms with E-state index in [4.69, 9.17) is 0 Å². The van der Waals surface area contributed by atoms with Gasteiger partial charge in [0, 0.05) is 6.42 Å². The number of rotatable bonds is 3. The Morgan fingerprint density at radius 1 is 0.640 bits per heavy atom. The van der Waals surface area contributed by atoms with E-state index in [9.17, 15) is 10.2 Å². The van der Waals surface area contributed by atoms with Crippen LogP contribution in [0.5, 0.6) is 0 Å². The molecule has 0 saturated heterocycles. The summed E-state index contributed by atoms with van der Waals surface area (Å²) in [6, 6.07) is 0. The van der Waals surface area contributed by atoms with Crippen LogP contribution in [0.15, 0.2) is 12.2 Å². The van der Waals surface area contributed by atoms with Crippen molar-refractivity contribution >= 4 is 0 Å². The summed E-state index contributed by atoms with van der Waals surface area (Å²) in [4.78, 5) is 0. The molecule has 2 N–H and O–H groups in total. The number of hydrogen-bond acceptors (Lipinski definition) is 2. The minimum atomic E-state index is -0.669. The first kappa shape index (κ1) is 15.7. The summed E-state index contributed by atoms with van der Waals surface area (Å²) in [7, 11) is 0. The summed E-state index contributed by atoms with van der Waals surface area (Å²) in [6.45, 7) is 4.46. The molecule has 0 aliphatic heterocycles. The van der Waals surface area contributed by atoms with E-state index < -0.39 is 11.2 Å². The van der Waals surface area contributed by atoms with E-state index in [2.05, 4.69) is 6.58 Å². The van der Waals surface area contributed by atoms with Gasteiger partial charge in [0.25, 0.3) is 0 Å². The van der Waals surface area contributed by atoms with Crippen LogP contribution in [0.1, 0.15) is 70.6 Å². The van der Waals surface area contributed by atoms with Crippen molar-refractivity contribution in [1.29, 1.82) is 0 Å². The summed E-state index contributed by atoms with van der Waals surface area (Å²) in [5.74, 6) is 5.27. The molecule has 0 heterocycles. The van der Waals surface area contributed by atoms with Crippen molar-refractivity contribution in [3.05, 3.63) is 12.2 Å². The highest BCUT2D eigenvalue weighted by Crippen LogP contribution is 2.64. The van der Waals surface area contributed by atoms with Gasteiger partial charge in [-0.2, -0.15) is 0 Å². The summed E-state index contributed by atoms with van der Waals surface area (Å²) in [5, 5.41) is 23.6. The minimum absolute atomic E-state index is 0.427. The van der Waals surface area contributed by atoms with Crippen molar-refractivity contribution in [2.24, 2.45) is 47.3 Å². The highest BCUT2D eigenvalue weighted by atomic mass is 16.3. The topological polar surface area (TPSA) is 40.5 Å². The molecule has 2 heteroatoms. The fourth-order valence-electron chi connectivity index (χ4n) is 9.25. The van der Waals surface area contributed by atoms with Crippen molar-refractivity contribution in [2.75, 3.05) is 0 Å². The molecule has 0 aromatic carbocycles. The van der Waals surface area contributed by atoms with Crippen LogP contribution in [0, 0.1) is 47.3 Å². The van der Waals surface area contributed by atoms with Gasteiger partial charge in [-0.05, 0) is 117 Å². The molecule has 8 aliphatic carbocycles. The van der Waals surface area contributed by atoms with Gasteiger partial charge < -0.3 is 10.2 Å². The monoisotopic (exact) mass is 342 g/mol. The standard InChI is InChI=1S/C23H34O2/c1-13(23(25)20-8-16-3-17(10-20)11-21(23)9-16)12-22(24)18-4-14-2-15(6-18)7-19(22)5-14/h14-21,24-25H,1-12H2. The molecule has 0 unspecified atom stereocenters. The molecule has 25 heavy (non-hydrogen) atoms. The first-order chi connectivity index (χ1) is 11.9. The zero-order chi connectivity index (χ0) is 17.0. The fraction of sp³-hybridized carbons (Fsp3) is 0.913. The van der Waals surface area contributed by atoms with Gasteiger partial charge in [0.05, 0.1) is 11.2 Å². The Morgan fingerprint density at radius 3 is 1.40 bits per heavy atom. The third kappa shape index (κ3) is 1.99. The van der Waals surface area contributed by atoms with E-state index in [-0.39, 0.29) is 0 Å². The first-order valence-corrected chi connectivity index (χ1v) is 11.1.